The van der Waals surface area contributed by atoms with E-state index in [9.17, 15) is 4.39 Å². The molecule has 0 atom stereocenters. The van der Waals surface area contributed by atoms with Crippen molar-refractivity contribution in [3.05, 3.63) is 69.4 Å². The van der Waals surface area contributed by atoms with E-state index in [0.29, 0.717) is 36.6 Å². The number of nitrogens with one attached hydrogen (secondary N) is 2. The summed E-state index contributed by atoms with van der Waals surface area (Å²) in [6, 6.07) is 14.6. The van der Waals surface area contributed by atoms with Gasteiger partial charge in [0.25, 0.3) is 0 Å². The maximum Gasteiger partial charge on any atom is 0.191 e. The molecule has 0 unspecified atom stereocenters. The summed E-state index contributed by atoms with van der Waals surface area (Å²) < 4.78 is 14.5. The SMILES string of the molecule is CN=C(NCCCc1ccc(Br)cc1F)NCc1ccc(C#N)cc1.I. The zero-order chi connectivity index (χ0) is 18.1. The van der Waals surface area contributed by atoms with Crippen LogP contribution >= 0.6 is 39.9 Å². The molecule has 0 amide bonds. The van der Waals surface area contributed by atoms with Crippen molar-refractivity contribution >= 4 is 45.9 Å². The number of rotatable bonds is 6. The Balaban J connectivity index is 0.00000338. The van der Waals surface area contributed by atoms with E-state index in [-0.39, 0.29) is 29.8 Å². The van der Waals surface area contributed by atoms with Gasteiger partial charge in [0.2, 0.25) is 0 Å². The van der Waals surface area contributed by atoms with Crippen LogP contribution in [0.25, 0.3) is 0 Å². The number of hydrogen-bond acceptors (Lipinski definition) is 2. The van der Waals surface area contributed by atoms with Crippen molar-refractivity contribution in [2.24, 2.45) is 4.99 Å². The third-order valence-electron chi connectivity index (χ3n) is 3.70. The largest absolute Gasteiger partial charge is 0.356 e. The topological polar surface area (TPSA) is 60.2 Å². The average Bonchev–Trinajstić information content (AvgIpc) is 2.63. The van der Waals surface area contributed by atoms with Gasteiger partial charge < -0.3 is 10.6 Å². The van der Waals surface area contributed by atoms with Crippen LogP contribution in [-0.4, -0.2) is 19.6 Å². The Bertz CT molecular complexity index is 772. The highest BCUT2D eigenvalue weighted by Crippen LogP contribution is 2.16. The number of guanidine groups is 1. The predicted octanol–water partition coefficient (Wildman–Crippen LogP) is 4.38. The molecule has 2 rings (SSSR count). The minimum Gasteiger partial charge on any atom is -0.356 e. The second-order valence-corrected chi connectivity index (χ2v) is 6.42. The molecular formula is C19H21BrFIN4. The van der Waals surface area contributed by atoms with Gasteiger partial charge in [0.05, 0.1) is 11.6 Å². The molecule has 0 radical (unpaired) electrons. The second kappa shape index (κ2) is 11.9. The first kappa shape index (κ1) is 22.4. The molecule has 0 aliphatic carbocycles. The van der Waals surface area contributed by atoms with Crippen molar-refractivity contribution in [3.63, 3.8) is 0 Å². The lowest BCUT2D eigenvalue weighted by atomic mass is 10.1. The Morgan fingerprint density at radius 1 is 1.19 bits per heavy atom. The van der Waals surface area contributed by atoms with Gasteiger partial charge in [-0.1, -0.05) is 34.1 Å². The fraction of sp³-hybridized carbons (Fsp3) is 0.263. The van der Waals surface area contributed by atoms with E-state index < -0.39 is 0 Å². The van der Waals surface area contributed by atoms with Crippen molar-refractivity contribution in [2.75, 3.05) is 13.6 Å². The predicted molar refractivity (Wildman–Crippen MR) is 117 cm³/mol. The summed E-state index contributed by atoms with van der Waals surface area (Å²) in [5.41, 5.74) is 2.43. The highest BCUT2D eigenvalue weighted by atomic mass is 127. The van der Waals surface area contributed by atoms with Gasteiger partial charge >= 0.3 is 0 Å². The second-order valence-electron chi connectivity index (χ2n) is 5.50. The Morgan fingerprint density at radius 2 is 1.92 bits per heavy atom. The zero-order valence-electron chi connectivity index (χ0n) is 14.4. The number of hydrogen-bond donors (Lipinski definition) is 2. The number of halogens is 3. The van der Waals surface area contributed by atoms with Crippen molar-refractivity contribution in [1.82, 2.24) is 10.6 Å². The van der Waals surface area contributed by atoms with Crippen LogP contribution in [0.1, 0.15) is 23.1 Å². The highest BCUT2D eigenvalue weighted by molar-refractivity contribution is 14.0. The fourth-order valence-corrected chi connectivity index (χ4v) is 2.65. The monoisotopic (exact) mass is 530 g/mol. The van der Waals surface area contributed by atoms with Crippen LogP contribution in [0, 0.1) is 17.1 Å². The smallest absolute Gasteiger partial charge is 0.191 e. The lowest BCUT2D eigenvalue weighted by Crippen LogP contribution is -2.37. The first-order chi connectivity index (χ1) is 12.1. The zero-order valence-corrected chi connectivity index (χ0v) is 18.3. The normalized spacial score (nSPS) is 10.6. The van der Waals surface area contributed by atoms with Gasteiger partial charge in [0, 0.05) is 24.6 Å². The van der Waals surface area contributed by atoms with Gasteiger partial charge in [-0.05, 0) is 48.2 Å². The van der Waals surface area contributed by atoms with Gasteiger partial charge in [0.1, 0.15) is 5.82 Å². The van der Waals surface area contributed by atoms with Crippen LogP contribution in [0.2, 0.25) is 0 Å². The van der Waals surface area contributed by atoms with Gasteiger partial charge in [0.15, 0.2) is 5.96 Å². The van der Waals surface area contributed by atoms with E-state index in [4.69, 9.17) is 5.26 Å². The van der Waals surface area contributed by atoms with Crippen LogP contribution in [0.15, 0.2) is 51.9 Å². The molecule has 2 aromatic carbocycles. The summed E-state index contributed by atoms with van der Waals surface area (Å²) in [4.78, 5) is 4.17. The van der Waals surface area contributed by atoms with Crippen molar-refractivity contribution in [1.29, 1.82) is 5.26 Å². The van der Waals surface area contributed by atoms with Crippen molar-refractivity contribution in [3.8, 4) is 6.07 Å². The number of nitrogens with zero attached hydrogens (tertiary/aromatic N) is 2. The van der Waals surface area contributed by atoms with Crippen LogP contribution < -0.4 is 10.6 Å². The van der Waals surface area contributed by atoms with Crippen LogP contribution in [0.4, 0.5) is 4.39 Å². The first-order valence-corrected chi connectivity index (χ1v) is 8.79. The van der Waals surface area contributed by atoms with Gasteiger partial charge in [-0.3, -0.25) is 4.99 Å². The van der Waals surface area contributed by atoms with Gasteiger partial charge in [-0.2, -0.15) is 5.26 Å². The number of aliphatic imine (C=N–C) groups is 1. The highest BCUT2D eigenvalue weighted by Gasteiger charge is 2.03. The summed E-state index contributed by atoms with van der Waals surface area (Å²) in [6.07, 6.45) is 1.47. The van der Waals surface area contributed by atoms with E-state index in [1.165, 1.54) is 6.07 Å². The third kappa shape index (κ3) is 7.30. The molecule has 0 aliphatic rings. The molecule has 0 heterocycles. The Hall–Kier alpha value is -1.66. The first-order valence-electron chi connectivity index (χ1n) is 8.00. The van der Waals surface area contributed by atoms with Crippen molar-refractivity contribution in [2.45, 2.75) is 19.4 Å². The standard InChI is InChI=1S/C19H20BrFN4.HI/c1-23-19(25-13-15-6-4-14(12-22)5-7-15)24-10-2-3-16-8-9-17(20)11-18(16)21;/h4-9,11H,2-3,10,13H2,1H3,(H2,23,24,25);1H. The van der Waals surface area contributed by atoms with Crippen LogP contribution in [-0.2, 0) is 13.0 Å². The number of nitriles is 1. The molecule has 0 aliphatic heterocycles. The van der Waals surface area contributed by atoms with Gasteiger partial charge in [-0.15, -0.1) is 24.0 Å². The summed E-state index contributed by atoms with van der Waals surface area (Å²) in [5, 5.41) is 15.2. The van der Waals surface area contributed by atoms with E-state index in [0.717, 1.165) is 16.5 Å². The fourth-order valence-electron chi connectivity index (χ4n) is 2.31. The molecular weight excluding hydrogens is 510 g/mol. The molecule has 138 valence electrons. The maximum atomic E-state index is 13.8. The number of aryl methyl sites for hydroxylation is 1. The molecule has 0 fully saturated rings. The molecule has 0 saturated heterocycles. The summed E-state index contributed by atoms with van der Waals surface area (Å²) in [7, 11) is 1.71. The molecule has 0 spiro atoms. The van der Waals surface area contributed by atoms with Crippen LogP contribution in [0.5, 0.6) is 0 Å². The van der Waals surface area contributed by atoms with E-state index in [1.807, 2.05) is 18.2 Å². The van der Waals surface area contributed by atoms with E-state index >= 15 is 0 Å². The minimum absolute atomic E-state index is 0. The molecule has 26 heavy (non-hydrogen) atoms. The molecule has 4 nitrogen and oxygen atoms in total. The van der Waals surface area contributed by atoms with Gasteiger partial charge in [-0.25, -0.2) is 4.39 Å². The Labute approximate surface area is 179 Å². The third-order valence-corrected chi connectivity index (χ3v) is 4.19. The quantitative estimate of drug-likeness (QED) is 0.252. The molecule has 2 N–H and O–H groups in total. The Morgan fingerprint density at radius 3 is 2.54 bits per heavy atom. The maximum absolute atomic E-state index is 13.8. The molecule has 0 aromatic heterocycles. The molecule has 0 bridgehead atoms. The molecule has 0 saturated carbocycles. The summed E-state index contributed by atoms with van der Waals surface area (Å²) >= 11 is 3.26. The van der Waals surface area contributed by atoms with E-state index in [1.54, 1.807) is 25.2 Å². The molecule has 2 aromatic rings. The summed E-state index contributed by atoms with van der Waals surface area (Å²) in [5.74, 6) is 0.512. The number of benzene rings is 2. The summed E-state index contributed by atoms with van der Waals surface area (Å²) in [6.45, 7) is 1.31. The average molecular weight is 531 g/mol. The lowest BCUT2D eigenvalue weighted by molar-refractivity contribution is 0.602. The van der Waals surface area contributed by atoms with Crippen LogP contribution in [0.3, 0.4) is 0 Å². The lowest BCUT2D eigenvalue weighted by Gasteiger charge is -2.12. The Kier molecular flexibility index (Phi) is 10.2. The van der Waals surface area contributed by atoms with E-state index in [2.05, 4.69) is 37.6 Å². The molecule has 7 heteroatoms. The minimum atomic E-state index is -0.183. The van der Waals surface area contributed by atoms with Crippen molar-refractivity contribution < 1.29 is 4.39 Å².